The Morgan fingerprint density at radius 2 is 2.08 bits per heavy atom. The fourth-order valence-electron chi connectivity index (χ4n) is 4.45. The molecule has 3 aliphatic rings. The fraction of sp³-hybridized carbons (Fsp3) is 0.611. The molecule has 2 saturated heterocycles. The Morgan fingerprint density at radius 3 is 2.84 bits per heavy atom. The summed E-state index contributed by atoms with van der Waals surface area (Å²) in [5, 5.41) is 1.26. The summed E-state index contributed by atoms with van der Waals surface area (Å²) in [6.07, 6.45) is 4.55. The van der Waals surface area contributed by atoms with Crippen LogP contribution in [0.25, 0.3) is 0 Å². The Bertz CT molecular complexity index is 741. The molecule has 0 aromatic carbocycles. The van der Waals surface area contributed by atoms with Crippen molar-refractivity contribution in [2.24, 2.45) is 11.8 Å². The molecule has 132 valence electrons. The molecular weight excluding hydrogens is 334 g/mol. The van der Waals surface area contributed by atoms with Gasteiger partial charge in [-0.25, -0.2) is 15.0 Å². The molecule has 5 heterocycles. The zero-order chi connectivity index (χ0) is 16.8. The van der Waals surface area contributed by atoms with Crippen molar-refractivity contribution in [3.63, 3.8) is 0 Å². The molecule has 5 rings (SSSR count). The Labute approximate surface area is 151 Å². The van der Waals surface area contributed by atoms with E-state index in [4.69, 9.17) is 9.72 Å². The van der Waals surface area contributed by atoms with Gasteiger partial charge in [-0.1, -0.05) is 0 Å². The highest BCUT2D eigenvalue weighted by Gasteiger charge is 2.40. The maximum absolute atomic E-state index is 5.54. The summed E-state index contributed by atoms with van der Waals surface area (Å²) in [6, 6.07) is 0. The number of likely N-dealkylation sites (tertiary alicyclic amines) is 1. The first-order valence-corrected chi connectivity index (χ1v) is 9.87. The van der Waals surface area contributed by atoms with E-state index in [-0.39, 0.29) is 0 Å². The first-order valence-electron chi connectivity index (χ1n) is 9.05. The number of rotatable bonds is 3. The van der Waals surface area contributed by atoms with E-state index in [9.17, 15) is 0 Å². The van der Waals surface area contributed by atoms with Crippen molar-refractivity contribution < 1.29 is 4.74 Å². The molecule has 2 unspecified atom stereocenters. The van der Waals surface area contributed by atoms with Crippen molar-refractivity contribution in [1.29, 1.82) is 0 Å². The number of aromatic nitrogens is 3. The number of anilines is 1. The van der Waals surface area contributed by atoms with Gasteiger partial charge < -0.3 is 9.64 Å². The van der Waals surface area contributed by atoms with Gasteiger partial charge in [-0.15, -0.1) is 11.3 Å². The standard InChI is InChI=1S/C18H23N5OS/c1-12-4-19-11-20-18(12)23-7-13-5-22(6-14(13)8-23)9-17-21-15-2-3-24-10-16(15)25-17/h4,11,13-14H,2-3,5-10H2,1H3. The van der Waals surface area contributed by atoms with Crippen molar-refractivity contribution in [3.05, 3.63) is 33.7 Å². The van der Waals surface area contributed by atoms with E-state index in [2.05, 4.69) is 26.7 Å². The number of aryl methyl sites for hydroxylation is 1. The third kappa shape index (κ3) is 2.94. The second-order valence-electron chi connectivity index (χ2n) is 7.43. The van der Waals surface area contributed by atoms with Gasteiger partial charge in [0.1, 0.15) is 17.2 Å². The molecule has 0 spiro atoms. The summed E-state index contributed by atoms with van der Waals surface area (Å²) in [6.45, 7) is 9.25. The molecule has 0 amide bonds. The molecule has 6 nitrogen and oxygen atoms in total. The van der Waals surface area contributed by atoms with Gasteiger partial charge in [-0.3, -0.25) is 4.90 Å². The minimum absolute atomic E-state index is 0.743. The second kappa shape index (κ2) is 6.30. The zero-order valence-electron chi connectivity index (χ0n) is 14.5. The average molecular weight is 357 g/mol. The topological polar surface area (TPSA) is 54.4 Å². The van der Waals surface area contributed by atoms with Crippen molar-refractivity contribution in [2.75, 3.05) is 37.7 Å². The summed E-state index contributed by atoms with van der Waals surface area (Å²) in [5.74, 6) is 2.60. The highest BCUT2D eigenvalue weighted by Crippen LogP contribution is 2.35. The monoisotopic (exact) mass is 357 g/mol. The molecule has 25 heavy (non-hydrogen) atoms. The minimum atomic E-state index is 0.743. The SMILES string of the molecule is Cc1cncnc1N1CC2CN(Cc3nc4c(s3)COCC4)CC2C1. The van der Waals surface area contributed by atoms with E-state index >= 15 is 0 Å². The van der Waals surface area contributed by atoms with Crippen LogP contribution in [0.4, 0.5) is 5.82 Å². The molecule has 0 saturated carbocycles. The van der Waals surface area contributed by atoms with Crippen LogP contribution in [0.3, 0.4) is 0 Å². The number of hydrogen-bond donors (Lipinski definition) is 0. The van der Waals surface area contributed by atoms with Gasteiger partial charge >= 0.3 is 0 Å². The van der Waals surface area contributed by atoms with Crippen molar-refractivity contribution in [1.82, 2.24) is 19.9 Å². The van der Waals surface area contributed by atoms with Crippen LogP contribution < -0.4 is 4.90 Å². The maximum atomic E-state index is 5.54. The first kappa shape index (κ1) is 15.7. The fourth-order valence-corrected chi connectivity index (χ4v) is 5.55. The van der Waals surface area contributed by atoms with E-state index in [1.807, 2.05) is 17.5 Å². The smallest absolute Gasteiger partial charge is 0.134 e. The normalized spacial score (nSPS) is 26.0. The van der Waals surface area contributed by atoms with Crippen LogP contribution in [0.5, 0.6) is 0 Å². The van der Waals surface area contributed by atoms with E-state index in [0.29, 0.717) is 0 Å². The van der Waals surface area contributed by atoms with Gasteiger partial charge in [0.15, 0.2) is 0 Å². The lowest BCUT2D eigenvalue weighted by atomic mass is 10.0. The predicted octanol–water partition coefficient (Wildman–Crippen LogP) is 1.88. The predicted molar refractivity (Wildman–Crippen MR) is 96.7 cm³/mol. The molecule has 2 aromatic rings. The quantitative estimate of drug-likeness (QED) is 0.836. The molecule has 2 atom stereocenters. The lowest BCUT2D eigenvalue weighted by Gasteiger charge is -2.22. The molecular formula is C18H23N5OS. The number of hydrogen-bond acceptors (Lipinski definition) is 7. The lowest BCUT2D eigenvalue weighted by molar-refractivity contribution is 0.112. The van der Waals surface area contributed by atoms with E-state index in [0.717, 1.165) is 56.9 Å². The summed E-state index contributed by atoms with van der Waals surface area (Å²) >= 11 is 1.84. The maximum Gasteiger partial charge on any atom is 0.134 e. The van der Waals surface area contributed by atoms with E-state index in [1.54, 1.807) is 6.33 Å². The van der Waals surface area contributed by atoms with Gasteiger partial charge in [-0.05, 0) is 18.8 Å². The highest BCUT2D eigenvalue weighted by molar-refractivity contribution is 7.11. The van der Waals surface area contributed by atoms with Crippen LogP contribution in [-0.4, -0.2) is 52.6 Å². The number of thiazole rings is 1. The molecule has 0 radical (unpaired) electrons. The molecule has 2 aromatic heterocycles. The van der Waals surface area contributed by atoms with Crippen LogP contribution in [0.15, 0.2) is 12.5 Å². The summed E-state index contributed by atoms with van der Waals surface area (Å²) in [4.78, 5) is 19.8. The molecule has 2 fully saturated rings. The Kier molecular flexibility index (Phi) is 3.95. The zero-order valence-corrected chi connectivity index (χ0v) is 15.3. The summed E-state index contributed by atoms with van der Waals surface area (Å²) in [5.41, 5.74) is 2.45. The number of ether oxygens (including phenoxy) is 1. The van der Waals surface area contributed by atoms with Gasteiger partial charge in [0.2, 0.25) is 0 Å². The number of nitrogens with zero attached hydrogens (tertiary/aromatic N) is 5. The molecule has 0 aliphatic carbocycles. The van der Waals surface area contributed by atoms with Gasteiger partial charge in [-0.2, -0.15) is 0 Å². The first-order chi connectivity index (χ1) is 12.3. The van der Waals surface area contributed by atoms with Crippen LogP contribution >= 0.6 is 11.3 Å². The van der Waals surface area contributed by atoms with Crippen LogP contribution in [0, 0.1) is 18.8 Å². The Balaban J connectivity index is 1.22. The van der Waals surface area contributed by atoms with Crippen LogP contribution in [0.2, 0.25) is 0 Å². The largest absolute Gasteiger partial charge is 0.375 e. The van der Waals surface area contributed by atoms with Gasteiger partial charge in [0, 0.05) is 44.4 Å². The molecule has 0 N–H and O–H groups in total. The van der Waals surface area contributed by atoms with Crippen LogP contribution in [-0.2, 0) is 24.3 Å². The molecule has 0 bridgehead atoms. The Hall–Kier alpha value is -1.57. The van der Waals surface area contributed by atoms with Crippen LogP contribution in [0.1, 0.15) is 21.1 Å². The second-order valence-corrected chi connectivity index (χ2v) is 8.60. The lowest BCUT2D eigenvalue weighted by Crippen LogP contribution is -2.29. The minimum Gasteiger partial charge on any atom is -0.375 e. The van der Waals surface area contributed by atoms with E-state index < -0.39 is 0 Å². The van der Waals surface area contributed by atoms with Crippen molar-refractivity contribution >= 4 is 17.2 Å². The van der Waals surface area contributed by atoms with Gasteiger partial charge in [0.05, 0.1) is 30.3 Å². The third-order valence-corrected chi connectivity index (χ3v) is 6.68. The highest BCUT2D eigenvalue weighted by atomic mass is 32.1. The third-order valence-electron chi connectivity index (χ3n) is 5.63. The summed E-state index contributed by atoms with van der Waals surface area (Å²) in [7, 11) is 0. The summed E-state index contributed by atoms with van der Waals surface area (Å²) < 4.78 is 5.54. The number of fused-ring (bicyclic) bond motifs is 2. The van der Waals surface area contributed by atoms with E-state index in [1.165, 1.54) is 34.2 Å². The van der Waals surface area contributed by atoms with Crippen molar-refractivity contribution in [3.8, 4) is 0 Å². The van der Waals surface area contributed by atoms with Gasteiger partial charge in [0.25, 0.3) is 0 Å². The molecule has 3 aliphatic heterocycles. The molecule has 7 heteroatoms. The Morgan fingerprint density at radius 1 is 1.24 bits per heavy atom. The van der Waals surface area contributed by atoms with Crippen molar-refractivity contribution in [2.45, 2.75) is 26.5 Å². The average Bonchev–Trinajstić information content (AvgIpc) is 3.27.